The first-order chi connectivity index (χ1) is 12.1. The van der Waals surface area contributed by atoms with E-state index >= 15 is 0 Å². The number of rotatable bonds is 3. The van der Waals surface area contributed by atoms with E-state index in [1.807, 2.05) is 6.07 Å². The summed E-state index contributed by atoms with van der Waals surface area (Å²) in [4.78, 5) is 29.4. The summed E-state index contributed by atoms with van der Waals surface area (Å²) in [6.45, 7) is 0.647. The normalized spacial score (nSPS) is 14.8. The van der Waals surface area contributed by atoms with Gasteiger partial charge in [0.05, 0.1) is 21.8 Å². The molecule has 4 rings (SSSR count). The molecule has 6 heteroatoms. The largest absolute Gasteiger partial charge is 0.336 e. The van der Waals surface area contributed by atoms with Crippen molar-refractivity contribution >= 4 is 21.8 Å². The van der Waals surface area contributed by atoms with Gasteiger partial charge in [-0.3, -0.25) is 9.59 Å². The maximum atomic E-state index is 12.8. The Morgan fingerprint density at radius 1 is 1.04 bits per heavy atom. The third-order valence-corrected chi connectivity index (χ3v) is 4.90. The molecule has 2 N–H and O–H groups in total. The molecule has 25 heavy (non-hydrogen) atoms. The van der Waals surface area contributed by atoms with Gasteiger partial charge in [-0.15, -0.1) is 0 Å². The van der Waals surface area contributed by atoms with E-state index in [0.717, 1.165) is 23.9 Å². The Hall–Kier alpha value is -2.89. The standard InChI is InChI=1S/C19H20N4O2/c20-23-11-8-17-15(19(23)25)12-14-16(21-17)7-10-22(18(14)24)9-6-13-4-2-1-3-5-13/h4,7-8,10-12H,1-3,5-6,9,20H2. The summed E-state index contributed by atoms with van der Waals surface area (Å²) in [6, 6.07) is 5.12. The van der Waals surface area contributed by atoms with Crippen molar-refractivity contribution in [1.29, 1.82) is 0 Å². The average molecular weight is 336 g/mol. The number of pyridine rings is 3. The van der Waals surface area contributed by atoms with E-state index in [-0.39, 0.29) is 11.1 Å². The van der Waals surface area contributed by atoms with Gasteiger partial charge < -0.3 is 10.4 Å². The number of aromatic nitrogens is 3. The van der Waals surface area contributed by atoms with Gasteiger partial charge in [0.15, 0.2) is 0 Å². The van der Waals surface area contributed by atoms with Crippen LogP contribution in [0.5, 0.6) is 0 Å². The molecule has 0 saturated carbocycles. The van der Waals surface area contributed by atoms with Crippen LogP contribution in [0.3, 0.4) is 0 Å². The van der Waals surface area contributed by atoms with Crippen LogP contribution in [0, 0.1) is 0 Å². The Labute approximate surface area is 144 Å². The number of aryl methyl sites for hydroxylation is 1. The third kappa shape index (κ3) is 2.84. The molecular weight excluding hydrogens is 316 g/mol. The minimum Gasteiger partial charge on any atom is -0.336 e. The number of hydrogen-bond donors (Lipinski definition) is 1. The van der Waals surface area contributed by atoms with Crippen molar-refractivity contribution in [3.8, 4) is 0 Å². The topological polar surface area (TPSA) is 82.9 Å². The molecule has 0 unspecified atom stereocenters. The Kier molecular flexibility index (Phi) is 3.87. The fraction of sp³-hybridized carbons (Fsp3) is 0.316. The smallest absolute Gasteiger partial charge is 0.278 e. The molecule has 1 aliphatic rings. The van der Waals surface area contributed by atoms with Gasteiger partial charge in [0.1, 0.15) is 0 Å². The molecule has 128 valence electrons. The van der Waals surface area contributed by atoms with Crippen molar-refractivity contribution < 1.29 is 0 Å². The Bertz CT molecular complexity index is 1110. The average Bonchev–Trinajstić information content (AvgIpc) is 2.64. The summed E-state index contributed by atoms with van der Waals surface area (Å²) in [5, 5.41) is 0.818. The predicted octanol–water partition coefficient (Wildman–Crippen LogP) is 2.32. The molecule has 3 aromatic heterocycles. The van der Waals surface area contributed by atoms with E-state index < -0.39 is 0 Å². The molecule has 1 aliphatic carbocycles. The van der Waals surface area contributed by atoms with E-state index in [0.29, 0.717) is 28.4 Å². The van der Waals surface area contributed by atoms with E-state index in [4.69, 9.17) is 5.84 Å². The second-order valence-electron chi connectivity index (χ2n) is 6.55. The highest BCUT2D eigenvalue weighted by Gasteiger charge is 2.10. The summed E-state index contributed by atoms with van der Waals surface area (Å²) in [5.74, 6) is 5.62. The zero-order valence-electron chi connectivity index (χ0n) is 13.9. The van der Waals surface area contributed by atoms with Crippen molar-refractivity contribution in [3.63, 3.8) is 0 Å². The van der Waals surface area contributed by atoms with Crippen LogP contribution in [-0.4, -0.2) is 14.2 Å². The molecule has 0 amide bonds. The van der Waals surface area contributed by atoms with Crippen LogP contribution in [0.2, 0.25) is 0 Å². The fourth-order valence-corrected chi connectivity index (χ4v) is 3.45. The summed E-state index contributed by atoms with van der Waals surface area (Å²) >= 11 is 0. The molecule has 0 bridgehead atoms. The van der Waals surface area contributed by atoms with Gasteiger partial charge in [0.2, 0.25) is 0 Å². The highest BCUT2D eigenvalue weighted by Crippen LogP contribution is 2.20. The van der Waals surface area contributed by atoms with E-state index in [9.17, 15) is 9.59 Å². The predicted molar refractivity (Wildman–Crippen MR) is 99.1 cm³/mol. The zero-order chi connectivity index (χ0) is 17.4. The maximum absolute atomic E-state index is 12.8. The first-order valence-electron chi connectivity index (χ1n) is 8.62. The van der Waals surface area contributed by atoms with E-state index in [1.54, 1.807) is 22.9 Å². The molecule has 6 nitrogen and oxygen atoms in total. The zero-order valence-corrected chi connectivity index (χ0v) is 13.9. The molecule has 0 aromatic carbocycles. The number of hydrogen-bond acceptors (Lipinski definition) is 4. The Morgan fingerprint density at radius 3 is 2.56 bits per heavy atom. The van der Waals surface area contributed by atoms with Crippen LogP contribution in [-0.2, 0) is 6.54 Å². The molecule has 0 spiro atoms. The second kappa shape index (κ2) is 6.20. The lowest BCUT2D eigenvalue weighted by Crippen LogP contribution is -2.27. The van der Waals surface area contributed by atoms with Gasteiger partial charge in [0, 0.05) is 18.9 Å². The maximum Gasteiger partial charge on any atom is 0.278 e. The van der Waals surface area contributed by atoms with Gasteiger partial charge in [-0.25, -0.2) is 9.66 Å². The minimum atomic E-state index is -0.353. The van der Waals surface area contributed by atoms with Gasteiger partial charge in [-0.05, 0) is 50.3 Å². The van der Waals surface area contributed by atoms with Crippen molar-refractivity contribution in [2.45, 2.75) is 38.6 Å². The fourth-order valence-electron chi connectivity index (χ4n) is 3.45. The molecular formula is C19H20N4O2. The third-order valence-electron chi connectivity index (χ3n) is 4.90. The molecule has 0 fully saturated rings. The highest BCUT2D eigenvalue weighted by molar-refractivity contribution is 5.91. The monoisotopic (exact) mass is 336 g/mol. The van der Waals surface area contributed by atoms with Crippen LogP contribution in [0.4, 0.5) is 0 Å². The van der Waals surface area contributed by atoms with Crippen molar-refractivity contribution in [3.05, 3.63) is 62.9 Å². The summed E-state index contributed by atoms with van der Waals surface area (Å²) in [6.07, 6.45) is 11.2. The first kappa shape index (κ1) is 15.6. The number of nitrogens with zero attached hydrogens (tertiary/aromatic N) is 3. The number of nitrogen functional groups attached to an aromatic ring is 1. The number of nitrogens with two attached hydrogens (primary N) is 1. The SMILES string of the molecule is Nn1ccc2nc3ccn(CCC4=CCCCC4)c(=O)c3cc2c1=O. The summed E-state index contributed by atoms with van der Waals surface area (Å²) < 4.78 is 2.71. The molecule has 3 aromatic rings. The lowest BCUT2D eigenvalue weighted by molar-refractivity contribution is 0.616. The molecule has 0 atom stereocenters. The van der Waals surface area contributed by atoms with E-state index in [2.05, 4.69) is 11.1 Å². The molecule has 0 radical (unpaired) electrons. The lowest BCUT2D eigenvalue weighted by Gasteiger charge is -2.13. The number of fused-ring (bicyclic) bond motifs is 2. The minimum absolute atomic E-state index is 0.116. The van der Waals surface area contributed by atoms with Crippen molar-refractivity contribution in [2.24, 2.45) is 0 Å². The quantitative estimate of drug-likeness (QED) is 0.452. The molecule has 0 saturated heterocycles. The van der Waals surface area contributed by atoms with Crippen LogP contribution in [0.25, 0.3) is 21.8 Å². The van der Waals surface area contributed by atoms with Crippen LogP contribution in [0.1, 0.15) is 32.1 Å². The number of allylic oxidation sites excluding steroid dienone is 2. The molecule has 0 aliphatic heterocycles. The first-order valence-corrected chi connectivity index (χ1v) is 8.62. The van der Waals surface area contributed by atoms with Gasteiger partial charge in [-0.1, -0.05) is 11.6 Å². The van der Waals surface area contributed by atoms with Crippen LogP contribution < -0.4 is 17.0 Å². The Balaban J connectivity index is 1.77. The van der Waals surface area contributed by atoms with Gasteiger partial charge >= 0.3 is 0 Å². The summed E-state index contributed by atoms with van der Waals surface area (Å²) in [7, 11) is 0. The lowest BCUT2D eigenvalue weighted by atomic mass is 9.97. The molecule has 3 heterocycles. The van der Waals surface area contributed by atoms with Crippen LogP contribution >= 0.6 is 0 Å². The van der Waals surface area contributed by atoms with Crippen LogP contribution in [0.15, 0.2) is 51.8 Å². The van der Waals surface area contributed by atoms with E-state index in [1.165, 1.54) is 24.6 Å². The Morgan fingerprint density at radius 2 is 1.80 bits per heavy atom. The second-order valence-corrected chi connectivity index (χ2v) is 6.55. The summed E-state index contributed by atoms with van der Waals surface area (Å²) in [5.41, 5.74) is 2.11. The van der Waals surface area contributed by atoms with Gasteiger partial charge in [-0.2, -0.15) is 0 Å². The van der Waals surface area contributed by atoms with Crippen molar-refractivity contribution in [2.75, 3.05) is 5.84 Å². The van der Waals surface area contributed by atoms with Crippen molar-refractivity contribution in [1.82, 2.24) is 14.2 Å². The highest BCUT2D eigenvalue weighted by atomic mass is 16.1. The van der Waals surface area contributed by atoms with Gasteiger partial charge in [0.25, 0.3) is 11.1 Å².